The van der Waals surface area contributed by atoms with E-state index in [1.807, 2.05) is 20.2 Å². The van der Waals surface area contributed by atoms with Gasteiger partial charge in [-0.1, -0.05) is 12.1 Å². The van der Waals surface area contributed by atoms with Crippen molar-refractivity contribution in [2.24, 2.45) is 5.92 Å². The number of rotatable bonds is 3. The molecule has 3 rings (SSSR count). The summed E-state index contributed by atoms with van der Waals surface area (Å²) in [7, 11) is 3.81. The van der Waals surface area contributed by atoms with Crippen molar-refractivity contribution >= 4 is 11.7 Å². The van der Waals surface area contributed by atoms with Gasteiger partial charge in [0.25, 0.3) is 0 Å². The quantitative estimate of drug-likeness (QED) is 0.886. The summed E-state index contributed by atoms with van der Waals surface area (Å²) in [6.07, 6.45) is 1.10. The van der Waals surface area contributed by atoms with Crippen LogP contribution < -0.4 is 10.6 Å². The molecule has 0 saturated carbocycles. The first-order valence-corrected chi connectivity index (χ1v) is 7.09. The third kappa shape index (κ3) is 2.39. The van der Waals surface area contributed by atoms with Gasteiger partial charge in [0.05, 0.1) is 6.61 Å². The van der Waals surface area contributed by atoms with E-state index >= 15 is 0 Å². The average molecular weight is 275 g/mol. The van der Waals surface area contributed by atoms with Crippen LogP contribution in [-0.4, -0.2) is 38.2 Å². The van der Waals surface area contributed by atoms with E-state index in [2.05, 4.69) is 22.8 Å². The van der Waals surface area contributed by atoms with E-state index in [-0.39, 0.29) is 6.03 Å². The maximum Gasteiger partial charge on any atom is 0.321 e. The zero-order valence-corrected chi connectivity index (χ0v) is 12.0. The van der Waals surface area contributed by atoms with Crippen LogP contribution in [0.25, 0.3) is 0 Å². The Bertz CT molecular complexity index is 512. The minimum Gasteiger partial charge on any atom is -0.381 e. The van der Waals surface area contributed by atoms with Crippen molar-refractivity contribution in [3.63, 3.8) is 0 Å². The van der Waals surface area contributed by atoms with Crippen LogP contribution in [-0.2, 0) is 11.3 Å². The van der Waals surface area contributed by atoms with Gasteiger partial charge in [-0.15, -0.1) is 0 Å². The van der Waals surface area contributed by atoms with Crippen molar-refractivity contribution < 1.29 is 9.53 Å². The van der Waals surface area contributed by atoms with Gasteiger partial charge in [-0.25, -0.2) is 4.79 Å². The molecule has 2 heterocycles. The Balaban J connectivity index is 1.87. The van der Waals surface area contributed by atoms with Gasteiger partial charge in [-0.3, -0.25) is 0 Å². The second-order valence-corrected chi connectivity index (χ2v) is 5.59. The fraction of sp³-hybridized carbons (Fsp3) is 0.533. The molecule has 20 heavy (non-hydrogen) atoms. The average Bonchev–Trinajstić information content (AvgIpc) is 2.95. The van der Waals surface area contributed by atoms with Crippen LogP contribution in [0.4, 0.5) is 10.5 Å². The number of benzene rings is 1. The molecular formula is C15H21N3O2. The highest BCUT2D eigenvalue weighted by atomic mass is 16.5. The van der Waals surface area contributed by atoms with Gasteiger partial charge in [-0.2, -0.15) is 0 Å². The van der Waals surface area contributed by atoms with Crippen LogP contribution in [0.15, 0.2) is 18.2 Å². The molecule has 0 aromatic heterocycles. The van der Waals surface area contributed by atoms with E-state index in [0.717, 1.165) is 25.3 Å². The zero-order chi connectivity index (χ0) is 14.1. The molecule has 2 atom stereocenters. The molecule has 1 fully saturated rings. The number of fused-ring (bicyclic) bond motifs is 1. The molecule has 2 amide bonds. The lowest BCUT2D eigenvalue weighted by Gasteiger charge is -2.28. The Morgan fingerprint density at radius 2 is 2.35 bits per heavy atom. The second kappa shape index (κ2) is 5.42. The van der Waals surface area contributed by atoms with E-state index in [1.165, 1.54) is 11.1 Å². The lowest BCUT2D eigenvalue weighted by Crippen LogP contribution is -2.35. The highest BCUT2D eigenvalue weighted by Gasteiger charge is 2.27. The molecule has 1 aromatic carbocycles. The Morgan fingerprint density at radius 1 is 1.50 bits per heavy atom. The van der Waals surface area contributed by atoms with E-state index in [9.17, 15) is 4.79 Å². The molecule has 0 radical (unpaired) electrons. The van der Waals surface area contributed by atoms with Crippen LogP contribution in [0.2, 0.25) is 0 Å². The number of nitrogens with one attached hydrogen (secondary N) is 2. The van der Waals surface area contributed by atoms with Gasteiger partial charge >= 0.3 is 6.03 Å². The lowest BCUT2D eigenvalue weighted by atomic mass is 9.91. The Labute approximate surface area is 119 Å². The predicted molar refractivity (Wildman–Crippen MR) is 77.7 cm³/mol. The van der Waals surface area contributed by atoms with Crippen molar-refractivity contribution in [1.82, 2.24) is 10.2 Å². The summed E-state index contributed by atoms with van der Waals surface area (Å²) in [5.41, 5.74) is 3.37. The van der Waals surface area contributed by atoms with Gasteiger partial charge in [0.2, 0.25) is 0 Å². The SMILES string of the molecule is CNC(c1ccc2c(c1)CN(C)C(=O)N2)C1CCOC1. The maximum atomic E-state index is 11.6. The Morgan fingerprint density at radius 3 is 3.05 bits per heavy atom. The fourth-order valence-electron chi connectivity index (χ4n) is 3.09. The molecule has 108 valence electrons. The second-order valence-electron chi connectivity index (χ2n) is 5.59. The smallest absolute Gasteiger partial charge is 0.321 e. The van der Waals surface area contributed by atoms with Crippen molar-refractivity contribution in [3.8, 4) is 0 Å². The van der Waals surface area contributed by atoms with E-state index in [1.54, 1.807) is 4.90 Å². The van der Waals surface area contributed by atoms with Crippen LogP contribution in [0, 0.1) is 5.92 Å². The zero-order valence-electron chi connectivity index (χ0n) is 12.0. The summed E-state index contributed by atoms with van der Waals surface area (Å²) < 4.78 is 5.50. The molecule has 2 N–H and O–H groups in total. The van der Waals surface area contributed by atoms with Crippen molar-refractivity contribution in [1.29, 1.82) is 0 Å². The third-order valence-corrected chi connectivity index (χ3v) is 4.23. The standard InChI is InChI=1S/C15H21N3O2/c1-16-14(11-5-6-20-9-11)10-3-4-13-12(7-10)8-18(2)15(19)17-13/h3-4,7,11,14,16H,5-6,8-9H2,1-2H3,(H,17,19). The van der Waals surface area contributed by atoms with Crippen LogP contribution in [0.1, 0.15) is 23.6 Å². The normalized spacial score (nSPS) is 23.4. The molecule has 0 bridgehead atoms. The van der Waals surface area contributed by atoms with Crippen LogP contribution in [0.5, 0.6) is 0 Å². The van der Waals surface area contributed by atoms with E-state index < -0.39 is 0 Å². The molecule has 0 spiro atoms. The fourth-order valence-corrected chi connectivity index (χ4v) is 3.09. The highest BCUT2D eigenvalue weighted by Crippen LogP contribution is 2.32. The summed E-state index contributed by atoms with van der Waals surface area (Å²) in [4.78, 5) is 13.3. The van der Waals surface area contributed by atoms with Crippen molar-refractivity contribution in [3.05, 3.63) is 29.3 Å². The Hall–Kier alpha value is -1.59. The molecular weight excluding hydrogens is 254 g/mol. The van der Waals surface area contributed by atoms with Gasteiger partial charge in [0.1, 0.15) is 0 Å². The number of hydrogen-bond acceptors (Lipinski definition) is 3. The first kappa shape index (κ1) is 13.4. The molecule has 1 aromatic rings. The molecule has 0 aliphatic carbocycles. The minimum absolute atomic E-state index is 0.0420. The minimum atomic E-state index is -0.0420. The summed E-state index contributed by atoms with van der Waals surface area (Å²) in [5.74, 6) is 0.522. The summed E-state index contributed by atoms with van der Waals surface area (Å²) in [5, 5.41) is 6.31. The largest absolute Gasteiger partial charge is 0.381 e. The first-order valence-electron chi connectivity index (χ1n) is 7.09. The van der Waals surface area contributed by atoms with Crippen LogP contribution >= 0.6 is 0 Å². The molecule has 2 unspecified atom stereocenters. The summed E-state index contributed by atoms with van der Waals surface area (Å²) in [6, 6.07) is 6.58. The monoisotopic (exact) mass is 275 g/mol. The number of carbonyl (C=O) groups excluding carboxylic acids is 1. The molecule has 5 heteroatoms. The molecule has 2 aliphatic heterocycles. The third-order valence-electron chi connectivity index (χ3n) is 4.23. The number of ether oxygens (including phenoxy) is 1. The topological polar surface area (TPSA) is 53.6 Å². The number of amides is 2. The number of urea groups is 1. The number of hydrogen-bond donors (Lipinski definition) is 2. The highest BCUT2D eigenvalue weighted by molar-refractivity contribution is 5.92. The van der Waals surface area contributed by atoms with E-state index in [4.69, 9.17) is 4.74 Å². The van der Waals surface area contributed by atoms with Gasteiger partial charge < -0.3 is 20.3 Å². The Kier molecular flexibility index (Phi) is 3.63. The number of carbonyl (C=O) groups is 1. The first-order chi connectivity index (χ1) is 9.69. The van der Waals surface area contributed by atoms with Gasteiger partial charge in [0, 0.05) is 37.8 Å². The van der Waals surface area contributed by atoms with Gasteiger partial charge in [-0.05, 0) is 30.7 Å². The number of anilines is 1. The van der Waals surface area contributed by atoms with E-state index in [0.29, 0.717) is 18.5 Å². The maximum absolute atomic E-state index is 11.6. The van der Waals surface area contributed by atoms with Crippen molar-refractivity contribution in [2.45, 2.75) is 19.0 Å². The lowest BCUT2D eigenvalue weighted by molar-refractivity contribution is 0.178. The van der Waals surface area contributed by atoms with Crippen molar-refractivity contribution in [2.75, 3.05) is 32.6 Å². The predicted octanol–water partition coefficient (Wildman–Crippen LogP) is 1.96. The molecule has 5 nitrogen and oxygen atoms in total. The van der Waals surface area contributed by atoms with Gasteiger partial charge in [0.15, 0.2) is 0 Å². The molecule has 2 aliphatic rings. The summed E-state index contributed by atoms with van der Waals surface area (Å²) in [6.45, 7) is 2.33. The summed E-state index contributed by atoms with van der Waals surface area (Å²) >= 11 is 0. The van der Waals surface area contributed by atoms with Crippen LogP contribution in [0.3, 0.4) is 0 Å². The molecule has 1 saturated heterocycles. The number of nitrogens with zero attached hydrogens (tertiary/aromatic N) is 1.